The minimum atomic E-state index is -0.263. The predicted octanol–water partition coefficient (Wildman–Crippen LogP) is 4.56. The third kappa shape index (κ3) is 7.82. The first-order chi connectivity index (χ1) is 14.9. The molecule has 2 rings (SSSR count). The average Bonchev–Trinajstić information content (AvgIpc) is 2.71. The van der Waals surface area contributed by atoms with Crippen molar-refractivity contribution >= 4 is 17.5 Å². The molecule has 3 N–H and O–H groups in total. The van der Waals surface area contributed by atoms with E-state index in [2.05, 4.69) is 11.4 Å². The maximum absolute atomic E-state index is 13.3. The third-order valence-electron chi connectivity index (χ3n) is 4.99. The minimum absolute atomic E-state index is 0.0376. The molecular formula is C26H34N4O2. The summed E-state index contributed by atoms with van der Waals surface area (Å²) in [6.07, 6.45) is 0.422. The minimum Gasteiger partial charge on any atom is -0.334 e. The Hall–Kier alpha value is -3.17. The van der Waals surface area contributed by atoms with Gasteiger partial charge in [0.2, 0.25) is 5.91 Å². The standard InChI is InChI=1S/C26H34N4O2/c1-25(2,3)14-23(31)29-22-8-6-7-20(13-22)16-30(18-26(4,5)17-28)24(32)21-11-9-19(15-27)10-12-21/h6-13H,14,16-18,28H2,1-5H3,(H,29,31). The van der Waals surface area contributed by atoms with Gasteiger partial charge in [-0.05, 0) is 59.3 Å². The van der Waals surface area contributed by atoms with Crippen LogP contribution in [0.2, 0.25) is 0 Å². The number of carbonyl (C=O) groups excluding carboxylic acids is 2. The van der Waals surface area contributed by atoms with Gasteiger partial charge in [0.1, 0.15) is 0 Å². The Morgan fingerprint density at radius 2 is 1.72 bits per heavy atom. The predicted molar refractivity (Wildman–Crippen MR) is 128 cm³/mol. The van der Waals surface area contributed by atoms with E-state index in [1.165, 1.54) is 0 Å². The summed E-state index contributed by atoms with van der Waals surface area (Å²) in [6.45, 7) is 11.4. The van der Waals surface area contributed by atoms with E-state index in [1.54, 1.807) is 29.2 Å². The van der Waals surface area contributed by atoms with Gasteiger partial charge in [-0.1, -0.05) is 46.8 Å². The quantitative estimate of drug-likeness (QED) is 0.636. The molecule has 0 unspecified atom stereocenters. The maximum Gasteiger partial charge on any atom is 0.254 e. The van der Waals surface area contributed by atoms with E-state index >= 15 is 0 Å². The number of nitrogens with one attached hydrogen (secondary N) is 1. The summed E-state index contributed by atoms with van der Waals surface area (Å²) < 4.78 is 0. The van der Waals surface area contributed by atoms with Crippen LogP contribution in [0.3, 0.4) is 0 Å². The van der Waals surface area contributed by atoms with Crippen LogP contribution in [0.4, 0.5) is 5.69 Å². The number of nitrogens with two attached hydrogens (primary N) is 1. The zero-order valence-corrected chi connectivity index (χ0v) is 19.7. The van der Waals surface area contributed by atoms with E-state index in [0.717, 1.165) is 5.56 Å². The summed E-state index contributed by atoms with van der Waals surface area (Å²) in [5.41, 5.74) is 8.22. The smallest absolute Gasteiger partial charge is 0.254 e. The molecule has 0 bridgehead atoms. The number of hydrogen-bond donors (Lipinski definition) is 2. The fourth-order valence-corrected chi connectivity index (χ4v) is 3.31. The van der Waals surface area contributed by atoms with Gasteiger partial charge in [0, 0.05) is 30.8 Å². The molecule has 0 saturated heterocycles. The number of hydrogen-bond acceptors (Lipinski definition) is 4. The molecule has 2 aromatic rings. The Labute approximate surface area is 191 Å². The topological polar surface area (TPSA) is 99.2 Å². The van der Waals surface area contributed by atoms with Crippen molar-refractivity contribution in [2.45, 2.75) is 47.6 Å². The highest BCUT2D eigenvalue weighted by molar-refractivity contribution is 5.94. The molecule has 2 aromatic carbocycles. The Morgan fingerprint density at radius 1 is 1.06 bits per heavy atom. The summed E-state index contributed by atoms with van der Waals surface area (Å²) in [4.78, 5) is 27.4. The summed E-state index contributed by atoms with van der Waals surface area (Å²) in [6, 6.07) is 16.3. The largest absolute Gasteiger partial charge is 0.334 e. The fourth-order valence-electron chi connectivity index (χ4n) is 3.31. The van der Waals surface area contributed by atoms with Gasteiger partial charge in [0.15, 0.2) is 0 Å². The van der Waals surface area contributed by atoms with E-state index in [9.17, 15) is 9.59 Å². The van der Waals surface area contributed by atoms with Gasteiger partial charge in [0.05, 0.1) is 11.6 Å². The lowest BCUT2D eigenvalue weighted by molar-refractivity contribution is -0.117. The van der Waals surface area contributed by atoms with E-state index in [0.29, 0.717) is 42.9 Å². The van der Waals surface area contributed by atoms with Crippen LogP contribution < -0.4 is 11.1 Å². The Kier molecular flexibility index (Phi) is 8.18. The SMILES string of the molecule is CC(C)(C)CC(=O)Nc1cccc(CN(CC(C)(C)CN)C(=O)c2ccc(C#N)cc2)c1. The van der Waals surface area contributed by atoms with Crippen molar-refractivity contribution < 1.29 is 9.59 Å². The number of nitrogens with zero attached hydrogens (tertiary/aromatic N) is 2. The van der Waals surface area contributed by atoms with Crippen LogP contribution in [-0.2, 0) is 11.3 Å². The van der Waals surface area contributed by atoms with Crippen LogP contribution in [0.1, 0.15) is 62.5 Å². The van der Waals surface area contributed by atoms with Crippen LogP contribution in [0.15, 0.2) is 48.5 Å². The summed E-state index contributed by atoms with van der Waals surface area (Å²) in [5, 5.41) is 12.0. The molecule has 0 aromatic heterocycles. The Bertz CT molecular complexity index is 982. The molecule has 2 amide bonds. The van der Waals surface area contributed by atoms with Crippen molar-refractivity contribution in [3.8, 4) is 6.07 Å². The molecule has 0 saturated carbocycles. The number of anilines is 1. The molecule has 32 heavy (non-hydrogen) atoms. The third-order valence-corrected chi connectivity index (χ3v) is 4.99. The van der Waals surface area contributed by atoms with Crippen molar-refractivity contribution in [3.63, 3.8) is 0 Å². The lowest BCUT2D eigenvalue weighted by Gasteiger charge is -2.32. The number of carbonyl (C=O) groups is 2. The molecule has 0 atom stereocenters. The number of rotatable bonds is 8. The lowest BCUT2D eigenvalue weighted by Crippen LogP contribution is -2.41. The molecule has 0 aliphatic rings. The molecular weight excluding hydrogens is 400 g/mol. The van der Waals surface area contributed by atoms with E-state index in [-0.39, 0.29) is 22.6 Å². The van der Waals surface area contributed by atoms with Gasteiger partial charge >= 0.3 is 0 Å². The molecule has 170 valence electrons. The normalized spacial score (nSPS) is 11.5. The van der Waals surface area contributed by atoms with Gasteiger partial charge in [-0.3, -0.25) is 9.59 Å². The van der Waals surface area contributed by atoms with Crippen LogP contribution in [0.25, 0.3) is 0 Å². The van der Waals surface area contributed by atoms with Gasteiger partial charge in [-0.2, -0.15) is 5.26 Å². The van der Waals surface area contributed by atoms with Crippen LogP contribution in [0.5, 0.6) is 0 Å². The van der Waals surface area contributed by atoms with E-state index in [1.807, 2.05) is 58.9 Å². The van der Waals surface area contributed by atoms with Gasteiger partial charge in [0.25, 0.3) is 5.91 Å². The molecule has 0 heterocycles. The summed E-state index contributed by atoms with van der Waals surface area (Å²) in [7, 11) is 0. The lowest BCUT2D eigenvalue weighted by atomic mass is 9.92. The molecule has 0 fully saturated rings. The van der Waals surface area contributed by atoms with E-state index in [4.69, 9.17) is 11.0 Å². The molecule has 0 radical (unpaired) electrons. The second-order valence-corrected chi connectivity index (χ2v) is 10.2. The molecule has 6 heteroatoms. The molecule has 6 nitrogen and oxygen atoms in total. The van der Waals surface area contributed by atoms with Gasteiger partial charge < -0.3 is 16.0 Å². The molecule has 0 aliphatic heterocycles. The summed E-state index contributed by atoms with van der Waals surface area (Å²) >= 11 is 0. The van der Waals surface area contributed by atoms with Crippen molar-refractivity contribution in [3.05, 3.63) is 65.2 Å². The van der Waals surface area contributed by atoms with Crippen LogP contribution in [0, 0.1) is 22.2 Å². The van der Waals surface area contributed by atoms with Gasteiger partial charge in [-0.25, -0.2) is 0 Å². The van der Waals surface area contributed by atoms with Crippen LogP contribution in [-0.4, -0.2) is 29.8 Å². The Morgan fingerprint density at radius 3 is 2.28 bits per heavy atom. The van der Waals surface area contributed by atoms with Crippen molar-refractivity contribution in [1.82, 2.24) is 4.90 Å². The highest BCUT2D eigenvalue weighted by atomic mass is 16.2. The number of benzene rings is 2. The number of nitriles is 1. The first-order valence-corrected chi connectivity index (χ1v) is 10.8. The number of amides is 2. The molecule has 0 aliphatic carbocycles. The van der Waals surface area contributed by atoms with Crippen molar-refractivity contribution in [1.29, 1.82) is 5.26 Å². The highest BCUT2D eigenvalue weighted by Gasteiger charge is 2.25. The maximum atomic E-state index is 13.3. The first-order valence-electron chi connectivity index (χ1n) is 10.8. The van der Waals surface area contributed by atoms with E-state index < -0.39 is 0 Å². The van der Waals surface area contributed by atoms with Crippen molar-refractivity contribution in [2.75, 3.05) is 18.4 Å². The highest BCUT2D eigenvalue weighted by Crippen LogP contribution is 2.22. The second-order valence-electron chi connectivity index (χ2n) is 10.2. The van der Waals surface area contributed by atoms with Gasteiger partial charge in [-0.15, -0.1) is 0 Å². The zero-order valence-electron chi connectivity index (χ0n) is 19.7. The summed E-state index contributed by atoms with van der Waals surface area (Å²) in [5.74, 6) is -0.164. The second kappa shape index (κ2) is 10.4. The van der Waals surface area contributed by atoms with Crippen molar-refractivity contribution in [2.24, 2.45) is 16.6 Å². The fraction of sp³-hybridized carbons (Fsp3) is 0.423. The monoisotopic (exact) mass is 434 g/mol. The van der Waals surface area contributed by atoms with Crippen LogP contribution >= 0.6 is 0 Å². The Balaban J connectivity index is 2.24. The zero-order chi connectivity index (χ0) is 23.9. The average molecular weight is 435 g/mol. The molecule has 0 spiro atoms. The first kappa shape index (κ1) is 25.1.